The molecule has 1 saturated heterocycles. The molecule has 0 amide bonds. The van der Waals surface area contributed by atoms with Crippen molar-refractivity contribution in [2.75, 3.05) is 12.4 Å². The lowest BCUT2D eigenvalue weighted by molar-refractivity contribution is 0.129. The first kappa shape index (κ1) is 16.8. The minimum atomic E-state index is 0.0578. The number of thioether (sulfide) groups is 1. The van der Waals surface area contributed by atoms with Crippen LogP contribution in [-0.4, -0.2) is 28.0 Å². The largest absolute Gasteiger partial charge is 0.377 e. The van der Waals surface area contributed by atoms with E-state index in [4.69, 9.17) is 9.72 Å². The van der Waals surface area contributed by atoms with E-state index >= 15 is 0 Å². The van der Waals surface area contributed by atoms with Crippen molar-refractivity contribution in [2.24, 2.45) is 0 Å². The second-order valence-corrected chi connectivity index (χ2v) is 7.93. The molecule has 1 unspecified atom stereocenters. The minimum absolute atomic E-state index is 0.0578. The Bertz CT molecular complexity index is 928. The van der Waals surface area contributed by atoms with Gasteiger partial charge in [-0.3, -0.25) is 9.36 Å². The topological polar surface area (TPSA) is 44.1 Å². The van der Waals surface area contributed by atoms with Crippen LogP contribution < -0.4 is 5.56 Å². The third-order valence-corrected chi connectivity index (χ3v) is 6.46. The first-order valence-corrected chi connectivity index (χ1v) is 10.5. The highest BCUT2D eigenvalue weighted by molar-refractivity contribution is 7.99. The number of benzene rings is 1. The monoisotopic (exact) mass is 372 g/mol. The molecule has 4 nitrogen and oxygen atoms in total. The fraction of sp³-hybridized carbons (Fsp3) is 0.368. The van der Waals surface area contributed by atoms with Crippen molar-refractivity contribution in [3.05, 3.63) is 46.1 Å². The zero-order chi connectivity index (χ0) is 17.2. The second kappa shape index (κ2) is 7.32. The van der Waals surface area contributed by atoms with Gasteiger partial charge >= 0.3 is 0 Å². The van der Waals surface area contributed by atoms with Crippen molar-refractivity contribution >= 4 is 33.3 Å². The van der Waals surface area contributed by atoms with E-state index in [1.165, 1.54) is 0 Å². The summed E-state index contributed by atoms with van der Waals surface area (Å²) in [6.45, 7) is 3.48. The number of fused-ring (bicyclic) bond motifs is 1. The van der Waals surface area contributed by atoms with E-state index < -0.39 is 0 Å². The molecule has 0 N–H and O–H groups in total. The van der Waals surface area contributed by atoms with Gasteiger partial charge in [0, 0.05) is 29.8 Å². The van der Waals surface area contributed by atoms with Crippen LogP contribution in [0.2, 0.25) is 0 Å². The molecular formula is C19H20N2O2S2. The van der Waals surface area contributed by atoms with Gasteiger partial charge in [0.05, 0.1) is 11.5 Å². The molecule has 25 heavy (non-hydrogen) atoms. The number of thiophene rings is 1. The Balaban J connectivity index is 1.75. The summed E-state index contributed by atoms with van der Waals surface area (Å²) in [5, 5.41) is 3.58. The van der Waals surface area contributed by atoms with Crippen LogP contribution in [0.15, 0.2) is 45.7 Å². The average Bonchev–Trinajstić information content (AvgIpc) is 3.30. The maximum atomic E-state index is 13.1. The minimum Gasteiger partial charge on any atom is -0.377 e. The van der Waals surface area contributed by atoms with Crippen molar-refractivity contribution in [2.45, 2.75) is 37.6 Å². The number of hydrogen-bond donors (Lipinski definition) is 0. The number of ether oxygens (including phenoxy) is 1. The van der Waals surface area contributed by atoms with Gasteiger partial charge in [-0.2, -0.15) is 0 Å². The van der Waals surface area contributed by atoms with Gasteiger partial charge in [-0.15, -0.1) is 11.3 Å². The molecule has 130 valence electrons. The van der Waals surface area contributed by atoms with Crippen LogP contribution in [0.1, 0.15) is 19.8 Å². The summed E-state index contributed by atoms with van der Waals surface area (Å²) in [6.07, 6.45) is 2.51. The van der Waals surface area contributed by atoms with Gasteiger partial charge in [-0.25, -0.2) is 4.98 Å². The van der Waals surface area contributed by atoms with Crippen molar-refractivity contribution < 1.29 is 4.74 Å². The first-order chi connectivity index (χ1) is 12.3. The highest BCUT2D eigenvalue weighted by Crippen LogP contribution is 2.32. The zero-order valence-corrected chi connectivity index (χ0v) is 15.7. The Labute approximate surface area is 154 Å². The lowest BCUT2D eigenvalue weighted by Gasteiger charge is -2.12. The van der Waals surface area contributed by atoms with Gasteiger partial charge in [-0.1, -0.05) is 42.1 Å². The quantitative estimate of drug-likeness (QED) is 0.491. The zero-order valence-electron chi connectivity index (χ0n) is 14.1. The Kier molecular flexibility index (Phi) is 4.92. The van der Waals surface area contributed by atoms with E-state index in [2.05, 4.69) is 0 Å². The highest BCUT2D eigenvalue weighted by atomic mass is 32.2. The molecular weight excluding hydrogens is 352 g/mol. The molecule has 1 fully saturated rings. The Morgan fingerprint density at radius 1 is 1.36 bits per heavy atom. The van der Waals surface area contributed by atoms with Gasteiger partial charge < -0.3 is 4.74 Å². The number of hydrogen-bond acceptors (Lipinski definition) is 5. The molecule has 3 aromatic rings. The van der Waals surface area contributed by atoms with E-state index in [0.717, 1.165) is 51.7 Å². The SMILES string of the molecule is CCn1c(SCC2CCCO2)nc2scc(-c3ccccc3)c2c1=O. The molecule has 0 spiro atoms. The molecule has 2 aromatic heterocycles. The molecule has 1 aliphatic rings. The van der Waals surface area contributed by atoms with Crippen molar-refractivity contribution in [1.82, 2.24) is 9.55 Å². The van der Waals surface area contributed by atoms with E-state index in [-0.39, 0.29) is 11.7 Å². The first-order valence-electron chi connectivity index (χ1n) is 8.59. The number of rotatable bonds is 5. The summed E-state index contributed by atoms with van der Waals surface area (Å²) in [7, 11) is 0. The smallest absolute Gasteiger partial charge is 0.263 e. The summed E-state index contributed by atoms with van der Waals surface area (Å²) >= 11 is 3.18. The maximum absolute atomic E-state index is 13.1. The lowest BCUT2D eigenvalue weighted by Crippen LogP contribution is -2.23. The predicted octanol–water partition coefficient (Wildman–Crippen LogP) is 4.42. The van der Waals surface area contributed by atoms with Crippen molar-refractivity contribution in [3.63, 3.8) is 0 Å². The Morgan fingerprint density at radius 3 is 2.92 bits per heavy atom. The van der Waals surface area contributed by atoms with Crippen LogP contribution in [0.3, 0.4) is 0 Å². The summed E-state index contributed by atoms with van der Waals surface area (Å²) in [5.41, 5.74) is 2.11. The molecule has 0 saturated carbocycles. The van der Waals surface area contributed by atoms with Crippen LogP contribution in [0, 0.1) is 0 Å². The molecule has 1 aromatic carbocycles. The Morgan fingerprint density at radius 2 is 2.20 bits per heavy atom. The number of nitrogens with zero attached hydrogens (tertiary/aromatic N) is 2. The van der Waals surface area contributed by atoms with Gasteiger partial charge in [-0.05, 0) is 25.3 Å². The van der Waals surface area contributed by atoms with E-state index in [0.29, 0.717) is 6.54 Å². The summed E-state index contributed by atoms with van der Waals surface area (Å²) in [5.74, 6) is 0.856. The van der Waals surface area contributed by atoms with E-state index in [9.17, 15) is 4.79 Å². The van der Waals surface area contributed by atoms with Crippen LogP contribution in [0.4, 0.5) is 0 Å². The molecule has 0 bridgehead atoms. The van der Waals surface area contributed by atoms with Gasteiger partial charge in [0.1, 0.15) is 4.83 Å². The summed E-state index contributed by atoms with van der Waals surface area (Å²) < 4.78 is 7.49. The summed E-state index contributed by atoms with van der Waals surface area (Å²) in [6, 6.07) is 10.1. The van der Waals surface area contributed by atoms with Gasteiger partial charge in [0.15, 0.2) is 5.16 Å². The van der Waals surface area contributed by atoms with Crippen LogP contribution in [0.5, 0.6) is 0 Å². The van der Waals surface area contributed by atoms with Crippen molar-refractivity contribution in [1.29, 1.82) is 0 Å². The normalized spacial score (nSPS) is 17.4. The lowest BCUT2D eigenvalue weighted by atomic mass is 10.1. The third kappa shape index (κ3) is 3.26. The molecule has 3 heterocycles. The fourth-order valence-electron chi connectivity index (χ4n) is 3.17. The number of aromatic nitrogens is 2. The molecule has 6 heteroatoms. The Hall–Kier alpha value is -1.63. The standard InChI is InChI=1S/C19H20N2O2S2/c1-2-21-18(22)16-15(13-7-4-3-5-8-13)12-24-17(16)20-19(21)25-11-14-9-6-10-23-14/h3-5,7-8,12,14H,2,6,9-11H2,1H3. The average molecular weight is 373 g/mol. The third-order valence-electron chi connectivity index (χ3n) is 4.48. The molecule has 4 rings (SSSR count). The van der Waals surface area contributed by atoms with Crippen molar-refractivity contribution in [3.8, 4) is 11.1 Å². The summed E-state index contributed by atoms with van der Waals surface area (Å²) in [4.78, 5) is 18.7. The van der Waals surface area contributed by atoms with Crippen LogP contribution in [0.25, 0.3) is 21.3 Å². The van der Waals surface area contributed by atoms with Gasteiger partial charge in [0.25, 0.3) is 5.56 Å². The molecule has 1 atom stereocenters. The van der Waals surface area contributed by atoms with Gasteiger partial charge in [0.2, 0.25) is 0 Å². The molecule has 0 radical (unpaired) electrons. The van der Waals surface area contributed by atoms with E-state index in [1.807, 2.05) is 42.6 Å². The van der Waals surface area contributed by atoms with Crippen LogP contribution in [-0.2, 0) is 11.3 Å². The van der Waals surface area contributed by atoms with E-state index in [1.54, 1.807) is 27.7 Å². The molecule has 0 aliphatic carbocycles. The predicted molar refractivity (Wildman–Crippen MR) is 105 cm³/mol. The van der Waals surface area contributed by atoms with Crippen LogP contribution >= 0.6 is 23.1 Å². The second-order valence-electron chi connectivity index (χ2n) is 6.09. The molecule has 1 aliphatic heterocycles. The highest BCUT2D eigenvalue weighted by Gasteiger charge is 2.20. The fourth-order valence-corrected chi connectivity index (χ4v) is 5.29. The maximum Gasteiger partial charge on any atom is 0.263 e.